The molecule has 0 radical (unpaired) electrons. The molecule has 0 aromatic heterocycles. The van der Waals surface area contributed by atoms with E-state index in [1.807, 2.05) is 6.92 Å². The molecule has 0 atom stereocenters. The van der Waals surface area contributed by atoms with Gasteiger partial charge in [-0.25, -0.2) is 0 Å². The van der Waals surface area contributed by atoms with Crippen molar-refractivity contribution in [2.45, 2.75) is 45.4 Å². The minimum absolute atomic E-state index is 0.0627. The van der Waals surface area contributed by atoms with Crippen molar-refractivity contribution in [1.82, 2.24) is 4.90 Å². The van der Waals surface area contributed by atoms with Crippen molar-refractivity contribution in [2.24, 2.45) is 5.92 Å². The van der Waals surface area contributed by atoms with Crippen LogP contribution in [0.4, 0.5) is 5.69 Å². The summed E-state index contributed by atoms with van der Waals surface area (Å²) in [6.45, 7) is 2.53. The molecule has 1 N–H and O–H groups in total. The standard InChI is InChI=1S/C18H25ClN2O2/c1-3-21(2)18(23)15-11-10-14(12-16(15)19)20-17(22)13-8-6-4-5-7-9-13/h10-13H,3-9H2,1-2H3,(H,20,22). The molecule has 0 aliphatic heterocycles. The quantitative estimate of drug-likeness (QED) is 0.831. The smallest absolute Gasteiger partial charge is 0.255 e. The van der Waals surface area contributed by atoms with Crippen LogP contribution < -0.4 is 5.32 Å². The van der Waals surface area contributed by atoms with Crippen LogP contribution in [0.2, 0.25) is 5.02 Å². The topological polar surface area (TPSA) is 49.4 Å². The lowest BCUT2D eigenvalue weighted by atomic mass is 9.99. The number of nitrogens with one attached hydrogen (secondary N) is 1. The SMILES string of the molecule is CCN(C)C(=O)c1ccc(NC(=O)C2CCCCCC2)cc1Cl. The Morgan fingerprint density at radius 3 is 2.43 bits per heavy atom. The zero-order valence-electron chi connectivity index (χ0n) is 13.9. The van der Waals surface area contributed by atoms with Gasteiger partial charge in [0.1, 0.15) is 0 Å². The van der Waals surface area contributed by atoms with Gasteiger partial charge in [-0.3, -0.25) is 9.59 Å². The Hall–Kier alpha value is -1.55. The molecule has 1 aromatic rings. The van der Waals surface area contributed by atoms with Crippen LogP contribution in [-0.2, 0) is 4.79 Å². The van der Waals surface area contributed by atoms with Gasteiger partial charge in [-0.15, -0.1) is 0 Å². The van der Waals surface area contributed by atoms with Crippen LogP contribution in [-0.4, -0.2) is 30.3 Å². The fraction of sp³-hybridized carbons (Fsp3) is 0.556. The first-order valence-corrected chi connectivity index (χ1v) is 8.76. The number of hydrogen-bond donors (Lipinski definition) is 1. The van der Waals surface area contributed by atoms with Crippen LogP contribution in [0.3, 0.4) is 0 Å². The molecule has 126 valence electrons. The summed E-state index contributed by atoms with van der Waals surface area (Å²) in [5.74, 6) is 0.0377. The lowest BCUT2D eigenvalue weighted by molar-refractivity contribution is -0.120. The fourth-order valence-electron chi connectivity index (χ4n) is 2.90. The van der Waals surface area contributed by atoms with E-state index in [1.54, 1.807) is 30.1 Å². The number of hydrogen-bond acceptors (Lipinski definition) is 2. The molecule has 0 saturated heterocycles. The van der Waals surface area contributed by atoms with Crippen molar-refractivity contribution < 1.29 is 9.59 Å². The van der Waals surface area contributed by atoms with Crippen LogP contribution in [0.1, 0.15) is 55.8 Å². The molecule has 0 spiro atoms. The van der Waals surface area contributed by atoms with Gasteiger partial charge in [-0.1, -0.05) is 37.3 Å². The first kappa shape index (κ1) is 17.8. The molecule has 0 bridgehead atoms. The van der Waals surface area contributed by atoms with Crippen molar-refractivity contribution in [1.29, 1.82) is 0 Å². The highest BCUT2D eigenvalue weighted by molar-refractivity contribution is 6.34. The second-order valence-corrected chi connectivity index (χ2v) is 6.60. The Labute approximate surface area is 143 Å². The molecule has 1 aliphatic rings. The van der Waals surface area contributed by atoms with Crippen LogP contribution in [0, 0.1) is 5.92 Å². The van der Waals surface area contributed by atoms with E-state index >= 15 is 0 Å². The molecule has 1 aliphatic carbocycles. The molecule has 23 heavy (non-hydrogen) atoms. The Morgan fingerprint density at radius 2 is 1.87 bits per heavy atom. The van der Waals surface area contributed by atoms with E-state index in [9.17, 15) is 9.59 Å². The van der Waals surface area contributed by atoms with Gasteiger partial charge in [0.25, 0.3) is 5.91 Å². The zero-order chi connectivity index (χ0) is 16.8. The molecule has 0 heterocycles. The number of amides is 2. The monoisotopic (exact) mass is 336 g/mol. The largest absolute Gasteiger partial charge is 0.342 e. The Morgan fingerprint density at radius 1 is 1.22 bits per heavy atom. The summed E-state index contributed by atoms with van der Waals surface area (Å²) in [7, 11) is 1.74. The number of rotatable bonds is 4. The predicted molar refractivity (Wildman–Crippen MR) is 93.9 cm³/mol. The van der Waals surface area contributed by atoms with Crippen molar-refractivity contribution in [2.75, 3.05) is 18.9 Å². The van der Waals surface area contributed by atoms with Crippen molar-refractivity contribution in [3.8, 4) is 0 Å². The maximum atomic E-state index is 12.4. The normalized spacial score (nSPS) is 15.8. The van der Waals surface area contributed by atoms with E-state index in [-0.39, 0.29) is 17.7 Å². The molecular formula is C18H25ClN2O2. The molecule has 4 nitrogen and oxygen atoms in total. The predicted octanol–water partition coefficient (Wildman–Crippen LogP) is 4.34. The molecule has 2 rings (SSSR count). The van der Waals surface area contributed by atoms with Crippen molar-refractivity contribution >= 4 is 29.1 Å². The van der Waals surface area contributed by atoms with Gasteiger partial charge in [0.2, 0.25) is 5.91 Å². The summed E-state index contributed by atoms with van der Waals surface area (Å²) < 4.78 is 0. The van der Waals surface area contributed by atoms with E-state index in [1.165, 1.54) is 12.8 Å². The summed E-state index contributed by atoms with van der Waals surface area (Å²) >= 11 is 6.22. The third-order valence-electron chi connectivity index (χ3n) is 4.51. The maximum absolute atomic E-state index is 12.4. The van der Waals surface area contributed by atoms with E-state index in [4.69, 9.17) is 11.6 Å². The van der Waals surface area contributed by atoms with Crippen LogP contribution in [0.15, 0.2) is 18.2 Å². The van der Waals surface area contributed by atoms with Gasteiger partial charge in [0, 0.05) is 25.2 Å². The zero-order valence-corrected chi connectivity index (χ0v) is 14.7. The number of carbonyl (C=O) groups excluding carboxylic acids is 2. The lowest BCUT2D eigenvalue weighted by Gasteiger charge is -2.17. The summed E-state index contributed by atoms with van der Waals surface area (Å²) in [5, 5.41) is 3.31. The summed E-state index contributed by atoms with van der Waals surface area (Å²) in [5.41, 5.74) is 1.11. The van der Waals surface area contributed by atoms with Gasteiger partial charge < -0.3 is 10.2 Å². The fourth-order valence-corrected chi connectivity index (χ4v) is 3.16. The minimum Gasteiger partial charge on any atom is -0.342 e. The van der Waals surface area contributed by atoms with E-state index in [0.717, 1.165) is 25.7 Å². The molecule has 5 heteroatoms. The molecule has 1 saturated carbocycles. The first-order chi connectivity index (χ1) is 11.0. The molecular weight excluding hydrogens is 312 g/mol. The lowest BCUT2D eigenvalue weighted by Crippen LogP contribution is -2.26. The van der Waals surface area contributed by atoms with E-state index in [0.29, 0.717) is 22.8 Å². The second-order valence-electron chi connectivity index (χ2n) is 6.19. The number of halogens is 1. The molecule has 0 unspecified atom stereocenters. The van der Waals surface area contributed by atoms with Crippen LogP contribution >= 0.6 is 11.6 Å². The van der Waals surface area contributed by atoms with Crippen LogP contribution in [0.5, 0.6) is 0 Å². The molecule has 1 aromatic carbocycles. The van der Waals surface area contributed by atoms with Crippen molar-refractivity contribution in [3.05, 3.63) is 28.8 Å². The highest BCUT2D eigenvalue weighted by Crippen LogP contribution is 2.26. The molecule has 1 fully saturated rings. The third kappa shape index (κ3) is 4.71. The summed E-state index contributed by atoms with van der Waals surface area (Å²) in [4.78, 5) is 26.1. The first-order valence-electron chi connectivity index (χ1n) is 8.38. The van der Waals surface area contributed by atoms with E-state index < -0.39 is 0 Å². The van der Waals surface area contributed by atoms with Crippen molar-refractivity contribution in [3.63, 3.8) is 0 Å². The van der Waals surface area contributed by atoms with Crippen LogP contribution in [0.25, 0.3) is 0 Å². The second kappa shape index (κ2) is 8.34. The number of benzene rings is 1. The number of anilines is 1. The minimum atomic E-state index is -0.112. The summed E-state index contributed by atoms with van der Waals surface area (Å²) in [6, 6.07) is 5.09. The molecule has 2 amide bonds. The number of nitrogens with zero attached hydrogens (tertiary/aromatic N) is 1. The van der Waals surface area contributed by atoms with Gasteiger partial charge in [0.05, 0.1) is 10.6 Å². The third-order valence-corrected chi connectivity index (χ3v) is 4.83. The Kier molecular flexibility index (Phi) is 6.46. The highest BCUT2D eigenvalue weighted by Gasteiger charge is 2.21. The summed E-state index contributed by atoms with van der Waals surface area (Å²) in [6.07, 6.45) is 6.59. The highest BCUT2D eigenvalue weighted by atomic mass is 35.5. The maximum Gasteiger partial charge on any atom is 0.255 e. The van der Waals surface area contributed by atoms with Gasteiger partial charge in [-0.05, 0) is 38.0 Å². The Balaban J connectivity index is 2.05. The van der Waals surface area contributed by atoms with Gasteiger partial charge >= 0.3 is 0 Å². The average molecular weight is 337 g/mol. The Bertz CT molecular complexity index is 566. The van der Waals surface area contributed by atoms with Gasteiger partial charge in [0.15, 0.2) is 0 Å². The van der Waals surface area contributed by atoms with Gasteiger partial charge in [-0.2, -0.15) is 0 Å². The number of carbonyl (C=O) groups is 2. The van der Waals surface area contributed by atoms with E-state index in [2.05, 4.69) is 5.32 Å². The average Bonchev–Trinajstić information content (AvgIpc) is 2.83.